The van der Waals surface area contributed by atoms with Gasteiger partial charge in [-0.2, -0.15) is 0 Å². The molecule has 0 unspecified atom stereocenters. The number of rotatable bonds is 9. The molecule has 0 aliphatic carbocycles. The average molecular weight is 798 g/mol. The molecule has 0 aliphatic heterocycles. The van der Waals surface area contributed by atoms with Crippen LogP contribution in [0.1, 0.15) is 0 Å². The van der Waals surface area contributed by atoms with Gasteiger partial charge in [-0.3, -0.25) is 4.98 Å². The first kappa shape index (κ1) is 37.0. The van der Waals surface area contributed by atoms with Gasteiger partial charge in [0.15, 0.2) is 0 Å². The average Bonchev–Trinajstić information content (AvgIpc) is 3.22. The first-order valence-electron chi connectivity index (χ1n) is 17.4. The van der Waals surface area contributed by atoms with E-state index in [0.717, 1.165) is 0 Å². The normalized spacial score (nSPS) is 10.5. The van der Waals surface area contributed by atoms with E-state index >= 15 is 0 Å². The summed E-state index contributed by atoms with van der Waals surface area (Å²) < 4.78 is 0. The molecule has 1 aromatic heterocycles. The molecule has 8 rings (SSSR count). The minimum atomic E-state index is -1.29. The van der Waals surface area contributed by atoms with E-state index in [1.54, 1.807) is 12.4 Å². The number of pyridine rings is 1. The van der Waals surface area contributed by atoms with Crippen LogP contribution in [-0.4, -0.2) is 11.7 Å². The van der Waals surface area contributed by atoms with Gasteiger partial charge in [0.2, 0.25) is 0 Å². The van der Waals surface area contributed by atoms with E-state index in [1.807, 2.05) is 18.2 Å². The molecule has 52 heavy (non-hydrogen) atoms. The van der Waals surface area contributed by atoms with Gasteiger partial charge in [-0.25, -0.2) is 0 Å². The zero-order valence-electron chi connectivity index (χ0n) is 28.8. The standard InChI is InChI=1S/C42H33BP2.C5H5N.Pd/c1-6-20-34(21-7-1)43(39-30-16-18-32-41(39)44(35-22-8-2-9-23-35)36-24-10-3-11-25-36)40-31-17-19-33-42(40)45(37-26-12-4-13-27-37)38-28-14-5-15-29-38;1-2-4-6-5-3-1;/h1-33H;1-5H;/p+2. The Kier molecular flexibility index (Phi) is 13.7. The summed E-state index contributed by atoms with van der Waals surface area (Å²) in [6, 6.07) is 79.8. The predicted molar refractivity (Wildman–Crippen MR) is 228 cm³/mol. The number of benzene rings is 7. The van der Waals surface area contributed by atoms with Crippen molar-refractivity contribution in [3.63, 3.8) is 0 Å². The van der Waals surface area contributed by atoms with Crippen LogP contribution in [-0.2, 0) is 20.4 Å². The summed E-state index contributed by atoms with van der Waals surface area (Å²) >= 11 is 0. The molecule has 1 nitrogen and oxygen atoms in total. The second-order valence-electron chi connectivity index (χ2n) is 12.3. The second kappa shape index (κ2) is 19.2. The summed E-state index contributed by atoms with van der Waals surface area (Å²) in [6.07, 6.45) is 3.50. The van der Waals surface area contributed by atoms with Crippen molar-refractivity contribution >= 4 is 70.8 Å². The molecule has 0 atom stereocenters. The maximum absolute atomic E-state index is 3.78. The van der Waals surface area contributed by atoms with Crippen LogP contribution in [0.15, 0.2) is 231 Å². The Hall–Kier alpha value is -4.72. The maximum atomic E-state index is 3.78. The van der Waals surface area contributed by atoms with Crippen LogP contribution in [0.4, 0.5) is 0 Å². The first-order chi connectivity index (χ1) is 25.4. The van der Waals surface area contributed by atoms with Crippen molar-refractivity contribution in [3.05, 3.63) is 231 Å². The molecule has 1 heterocycles. The zero-order chi connectivity index (χ0) is 34.5. The number of hydrogen-bond acceptors (Lipinski definition) is 1. The van der Waals surface area contributed by atoms with Crippen molar-refractivity contribution in [2.24, 2.45) is 0 Å². The fourth-order valence-electron chi connectivity index (χ4n) is 6.81. The van der Waals surface area contributed by atoms with Gasteiger partial charge in [-0.05, 0) is 83.7 Å². The molecule has 254 valence electrons. The fourth-order valence-corrected chi connectivity index (χ4v) is 12.4. The Balaban J connectivity index is 0.000000604. The monoisotopic (exact) mass is 797 g/mol. The summed E-state index contributed by atoms with van der Waals surface area (Å²) in [5.41, 5.74) is 4.10. The molecule has 0 aliphatic rings. The zero-order valence-corrected chi connectivity index (χ0v) is 32.3. The van der Waals surface area contributed by atoms with Gasteiger partial charge in [0.1, 0.15) is 21.2 Å². The first-order valence-corrected chi connectivity index (χ1v) is 20.4. The fraction of sp³-hybridized carbons (Fsp3) is 0. The van der Waals surface area contributed by atoms with Crippen molar-refractivity contribution in [3.8, 4) is 0 Å². The SMILES string of the molecule is [Pd].c1ccc(B(c2ccccc2[PH+](c2ccccc2)c2ccccc2)c2ccccc2[PH+](c2ccccc2)c2ccccc2)cc1.c1ccncc1. The van der Waals surface area contributed by atoms with Crippen LogP contribution >= 0.6 is 15.8 Å². The predicted octanol–water partition coefficient (Wildman–Crippen LogP) is 6.26. The van der Waals surface area contributed by atoms with Gasteiger partial charge < -0.3 is 0 Å². The van der Waals surface area contributed by atoms with Gasteiger partial charge in [0, 0.05) is 32.8 Å². The molecule has 0 spiro atoms. The van der Waals surface area contributed by atoms with Gasteiger partial charge in [0.05, 0.1) is 26.5 Å². The van der Waals surface area contributed by atoms with Gasteiger partial charge >= 0.3 is 0 Å². The second-order valence-corrected chi connectivity index (χ2v) is 17.1. The molecule has 0 saturated carbocycles. The van der Waals surface area contributed by atoms with Crippen LogP contribution in [0.25, 0.3) is 0 Å². The summed E-state index contributed by atoms with van der Waals surface area (Å²) in [5, 5.41) is 8.49. The smallest absolute Gasteiger partial charge is 0.251 e. The molecular formula is C47H40BNP2Pd+2. The van der Waals surface area contributed by atoms with E-state index in [-0.39, 0.29) is 27.1 Å². The number of nitrogens with zero attached hydrogens (tertiary/aromatic N) is 1. The van der Waals surface area contributed by atoms with Gasteiger partial charge in [0.25, 0.3) is 6.71 Å². The third kappa shape index (κ3) is 9.01. The molecule has 0 N–H and O–H groups in total. The van der Waals surface area contributed by atoms with Crippen molar-refractivity contribution in [1.82, 2.24) is 4.98 Å². The largest absolute Gasteiger partial charge is 0.265 e. The Morgan fingerprint density at radius 1 is 0.308 bits per heavy atom. The van der Waals surface area contributed by atoms with E-state index in [4.69, 9.17) is 0 Å². The van der Waals surface area contributed by atoms with Crippen LogP contribution < -0.4 is 48.2 Å². The van der Waals surface area contributed by atoms with Crippen molar-refractivity contribution in [1.29, 1.82) is 0 Å². The minimum absolute atomic E-state index is 0. The van der Waals surface area contributed by atoms with Crippen LogP contribution in [0.3, 0.4) is 0 Å². The molecule has 0 saturated heterocycles. The third-order valence-electron chi connectivity index (χ3n) is 9.03. The Labute approximate surface area is 325 Å². The van der Waals surface area contributed by atoms with Gasteiger partial charge in [-0.15, -0.1) is 0 Å². The maximum Gasteiger partial charge on any atom is 0.251 e. The minimum Gasteiger partial charge on any atom is -0.265 e. The molecule has 8 aromatic rings. The third-order valence-corrected chi connectivity index (χ3v) is 14.7. The van der Waals surface area contributed by atoms with Crippen LogP contribution in [0.2, 0.25) is 0 Å². The Morgan fingerprint density at radius 3 is 0.904 bits per heavy atom. The van der Waals surface area contributed by atoms with E-state index in [0.29, 0.717) is 0 Å². The van der Waals surface area contributed by atoms with Gasteiger partial charge in [-0.1, -0.05) is 151 Å². The van der Waals surface area contributed by atoms with Crippen LogP contribution in [0.5, 0.6) is 0 Å². The van der Waals surface area contributed by atoms with E-state index in [9.17, 15) is 0 Å². The van der Waals surface area contributed by atoms with E-state index in [1.165, 1.54) is 48.2 Å². The topological polar surface area (TPSA) is 12.9 Å². The summed E-state index contributed by atoms with van der Waals surface area (Å²) in [7, 11) is -2.59. The summed E-state index contributed by atoms with van der Waals surface area (Å²) in [5.74, 6) is 0. The van der Waals surface area contributed by atoms with E-state index < -0.39 is 15.8 Å². The molecule has 0 fully saturated rings. The van der Waals surface area contributed by atoms with E-state index in [2.05, 4.69) is 205 Å². The Bertz CT molecular complexity index is 1980. The molecule has 0 radical (unpaired) electrons. The quantitative estimate of drug-likeness (QED) is 0.124. The van der Waals surface area contributed by atoms with Crippen molar-refractivity contribution in [2.75, 3.05) is 0 Å². The van der Waals surface area contributed by atoms with Crippen molar-refractivity contribution in [2.45, 2.75) is 0 Å². The summed E-state index contributed by atoms with van der Waals surface area (Å²) in [4.78, 5) is 3.78. The Morgan fingerprint density at radius 2 is 0.596 bits per heavy atom. The summed E-state index contributed by atoms with van der Waals surface area (Å²) in [6.45, 7) is 0.0819. The number of aromatic nitrogens is 1. The number of hydrogen-bond donors (Lipinski definition) is 0. The van der Waals surface area contributed by atoms with Crippen LogP contribution in [0, 0.1) is 0 Å². The molecular weight excluding hydrogens is 758 g/mol. The molecule has 5 heteroatoms. The molecule has 7 aromatic carbocycles. The molecule has 0 amide bonds. The van der Waals surface area contributed by atoms with Crippen molar-refractivity contribution < 1.29 is 20.4 Å². The molecule has 0 bridgehead atoms.